The first-order valence-electron chi connectivity index (χ1n) is 6.98. The van der Waals surface area contributed by atoms with Crippen molar-refractivity contribution in [2.24, 2.45) is 5.92 Å². The molecule has 0 amide bonds. The number of aliphatic hydroxyl groups is 1. The van der Waals surface area contributed by atoms with Gasteiger partial charge in [0.25, 0.3) is 0 Å². The summed E-state index contributed by atoms with van der Waals surface area (Å²) in [5.41, 5.74) is 0.612. The lowest BCUT2D eigenvalue weighted by Gasteiger charge is -2.35. The Labute approximate surface area is 114 Å². The molecule has 2 N–H and O–H groups in total. The molecule has 4 heteroatoms. The van der Waals surface area contributed by atoms with Crippen LogP contribution in [-0.4, -0.2) is 22.2 Å². The maximum atomic E-state index is 10.4. The van der Waals surface area contributed by atoms with Crippen molar-refractivity contribution in [3.05, 3.63) is 16.1 Å². The van der Waals surface area contributed by atoms with E-state index < -0.39 is 5.60 Å². The van der Waals surface area contributed by atoms with E-state index in [0.717, 1.165) is 50.3 Å². The molecule has 0 aromatic carbocycles. The number of aromatic nitrogens is 1. The maximum Gasteiger partial charge on any atom is 0.0926 e. The van der Waals surface area contributed by atoms with Crippen molar-refractivity contribution in [3.8, 4) is 0 Å². The van der Waals surface area contributed by atoms with Crippen LogP contribution < -0.4 is 5.32 Å². The van der Waals surface area contributed by atoms with Crippen LogP contribution >= 0.6 is 11.3 Å². The first-order chi connectivity index (χ1) is 8.61. The van der Waals surface area contributed by atoms with Gasteiger partial charge in [-0.25, -0.2) is 4.98 Å². The highest BCUT2D eigenvalue weighted by Crippen LogP contribution is 2.31. The summed E-state index contributed by atoms with van der Waals surface area (Å²) in [6, 6.07) is 0. The van der Waals surface area contributed by atoms with Gasteiger partial charge in [-0.15, -0.1) is 11.3 Å². The van der Waals surface area contributed by atoms with Crippen molar-refractivity contribution < 1.29 is 5.11 Å². The number of rotatable bonds is 5. The van der Waals surface area contributed by atoms with Gasteiger partial charge in [0.2, 0.25) is 0 Å². The molecule has 0 radical (unpaired) electrons. The molecule has 1 aliphatic rings. The van der Waals surface area contributed by atoms with Gasteiger partial charge < -0.3 is 10.4 Å². The summed E-state index contributed by atoms with van der Waals surface area (Å²) in [6.07, 6.45) is 5.16. The third kappa shape index (κ3) is 3.77. The normalized spacial score (nSPS) is 28.5. The fourth-order valence-electron chi connectivity index (χ4n) is 2.49. The van der Waals surface area contributed by atoms with Gasteiger partial charge in [0.05, 0.1) is 16.3 Å². The van der Waals surface area contributed by atoms with Crippen molar-refractivity contribution in [2.45, 2.75) is 58.1 Å². The molecule has 0 atom stereocenters. The smallest absolute Gasteiger partial charge is 0.0926 e. The lowest BCUT2D eigenvalue weighted by Crippen LogP contribution is -2.43. The van der Waals surface area contributed by atoms with Crippen LogP contribution in [-0.2, 0) is 13.0 Å². The summed E-state index contributed by atoms with van der Waals surface area (Å²) < 4.78 is 0. The van der Waals surface area contributed by atoms with Crippen molar-refractivity contribution in [1.29, 1.82) is 0 Å². The molecule has 0 spiro atoms. The van der Waals surface area contributed by atoms with Crippen molar-refractivity contribution in [3.63, 3.8) is 0 Å². The number of hydrogen-bond donors (Lipinski definition) is 2. The van der Waals surface area contributed by atoms with E-state index in [2.05, 4.69) is 29.5 Å². The van der Waals surface area contributed by atoms with E-state index in [-0.39, 0.29) is 0 Å². The second-order valence-corrected chi connectivity index (χ2v) is 6.54. The van der Waals surface area contributed by atoms with E-state index in [1.807, 2.05) is 0 Å². The van der Waals surface area contributed by atoms with Gasteiger partial charge >= 0.3 is 0 Å². The Kier molecular flexibility index (Phi) is 4.76. The first-order valence-corrected chi connectivity index (χ1v) is 7.85. The third-order valence-corrected chi connectivity index (χ3v) is 4.91. The number of hydrogen-bond acceptors (Lipinski definition) is 4. The molecule has 0 aliphatic heterocycles. The monoisotopic (exact) mass is 268 g/mol. The van der Waals surface area contributed by atoms with E-state index in [9.17, 15) is 5.11 Å². The van der Waals surface area contributed by atoms with Crippen LogP contribution in [0.15, 0.2) is 5.38 Å². The van der Waals surface area contributed by atoms with Crippen molar-refractivity contribution in [1.82, 2.24) is 10.3 Å². The van der Waals surface area contributed by atoms with Crippen molar-refractivity contribution in [2.75, 3.05) is 6.54 Å². The Morgan fingerprint density at radius 2 is 2.22 bits per heavy atom. The molecule has 18 heavy (non-hydrogen) atoms. The molecular formula is C14H24N2OS. The maximum absolute atomic E-state index is 10.4. The van der Waals surface area contributed by atoms with Gasteiger partial charge in [0.15, 0.2) is 0 Å². The van der Waals surface area contributed by atoms with Crippen LogP contribution in [0, 0.1) is 5.92 Å². The van der Waals surface area contributed by atoms with E-state index in [0.29, 0.717) is 6.54 Å². The number of nitrogens with one attached hydrogen (secondary N) is 1. The van der Waals surface area contributed by atoms with Gasteiger partial charge in [-0.05, 0) is 38.0 Å². The standard InChI is InChI=1S/C14H24N2OS/c1-3-13-16-12(9-18-13)8-15-10-14(17)6-4-11(2)5-7-14/h9,11,15,17H,3-8,10H2,1-2H3. The molecule has 0 saturated heterocycles. The summed E-state index contributed by atoms with van der Waals surface area (Å²) in [4.78, 5) is 4.52. The Morgan fingerprint density at radius 1 is 1.50 bits per heavy atom. The predicted octanol–water partition coefficient (Wildman–Crippen LogP) is 2.74. The van der Waals surface area contributed by atoms with E-state index in [1.54, 1.807) is 11.3 Å². The fourth-order valence-corrected chi connectivity index (χ4v) is 3.24. The Hall–Kier alpha value is -0.450. The zero-order valence-corrected chi connectivity index (χ0v) is 12.2. The van der Waals surface area contributed by atoms with Crippen LogP contribution in [0.5, 0.6) is 0 Å². The molecule has 2 rings (SSSR count). The number of nitrogens with zero attached hydrogens (tertiary/aromatic N) is 1. The molecule has 3 nitrogen and oxygen atoms in total. The minimum atomic E-state index is -0.490. The molecule has 1 aliphatic carbocycles. The largest absolute Gasteiger partial charge is 0.389 e. The van der Waals surface area contributed by atoms with Gasteiger partial charge in [-0.3, -0.25) is 0 Å². The Bertz CT molecular complexity index is 370. The highest BCUT2D eigenvalue weighted by Gasteiger charge is 2.31. The quantitative estimate of drug-likeness (QED) is 0.863. The Morgan fingerprint density at radius 3 is 2.83 bits per heavy atom. The minimum Gasteiger partial charge on any atom is -0.389 e. The molecule has 1 saturated carbocycles. The molecule has 0 unspecified atom stereocenters. The second kappa shape index (κ2) is 6.13. The van der Waals surface area contributed by atoms with Crippen LogP contribution in [0.2, 0.25) is 0 Å². The van der Waals surface area contributed by atoms with Gasteiger partial charge in [0.1, 0.15) is 0 Å². The van der Waals surface area contributed by atoms with Crippen LogP contribution in [0.4, 0.5) is 0 Å². The lowest BCUT2D eigenvalue weighted by atomic mass is 9.79. The average Bonchev–Trinajstić information content (AvgIpc) is 2.81. The summed E-state index contributed by atoms with van der Waals surface area (Å²) in [6.45, 7) is 5.86. The van der Waals surface area contributed by atoms with Crippen LogP contribution in [0.1, 0.15) is 50.2 Å². The first kappa shape index (κ1) is 14.0. The molecule has 1 aromatic heterocycles. The molecular weight excluding hydrogens is 244 g/mol. The van der Waals surface area contributed by atoms with E-state index in [4.69, 9.17) is 0 Å². The van der Waals surface area contributed by atoms with Gasteiger partial charge in [-0.1, -0.05) is 13.8 Å². The van der Waals surface area contributed by atoms with E-state index >= 15 is 0 Å². The summed E-state index contributed by atoms with van der Waals surface area (Å²) >= 11 is 1.72. The Balaban J connectivity index is 1.74. The topological polar surface area (TPSA) is 45.2 Å². The predicted molar refractivity (Wildman–Crippen MR) is 75.8 cm³/mol. The van der Waals surface area contributed by atoms with Crippen LogP contribution in [0.3, 0.4) is 0 Å². The van der Waals surface area contributed by atoms with E-state index in [1.165, 1.54) is 5.01 Å². The highest BCUT2D eigenvalue weighted by molar-refractivity contribution is 7.09. The SMILES string of the molecule is CCc1nc(CNCC2(O)CCC(C)CC2)cs1. The molecule has 1 fully saturated rings. The van der Waals surface area contributed by atoms with Crippen LogP contribution in [0.25, 0.3) is 0 Å². The number of aryl methyl sites for hydroxylation is 1. The summed E-state index contributed by atoms with van der Waals surface area (Å²) in [5.74, 6) is 0.774. The third-order valence-electron chi connectivity index (χ3n) is 3.87. The fraction of sp³-hybridized carbons (Fsp3) is 0.786. The molecule has 102 valence electrons. The lowest BCUT2D eigenvalue weighted by molar-refractivity contribution is -0.00634. The zero-order valence-electron chi connectivity index (χ0n) is 11.4. The molecule has 1 aromatic rings. The van der Waals surface area contributed by atoms with Gasteiger partial charge in [-0.2, -0.15) is 0 Å². The summed E-state index contributed by atoms with van der Waals surface area (Å²) in [7, 11) is 0. The summed E-state index contributed by atoms with van der Waals surface area (Å²) in [5, 5.41) is 17.1. The zero-order chi connectivity index (χ0) is 13.0. The second-order valence-electron chi connectivity index (χ2n) is 5.60. The minimum absolute atomic E-state index is 0.490. The number of thiazole rings is 1. The average molecular weight is 268 g/mol. The molecule has 0 bridgehead atoms. The highest BCUT2D eigenvalue weighted by atomic mass is 32.1. The van der Waals surface area contributed by atoms with Crippen molar-refractivity contribution >= 4 is 11.3 Å². The van der Waals surface area contributed by atoms with Gasteiger partial charge in [0, 0.05) is 18.5 Å². The molecule has 1 heterocycles.